The number of aromatic nitrogens is 2. The molecule has 1 aromatic heterocycles. The zero-order chi connectivity index (χ0) is 15.2. The molecule has 2 rings (SSSR count). The van der Waals surface area contributed by atoms with Gasteiger partial charge in [-0.3, -0.25) is 0 Å². The molecule has 0 aliphatic heterocycles. The van der Waals surface area contributed by atoms with Crippen LogP contribution in [0.4, 0.5) is 11.8 Å². The predicted molar refractivity (Wildman–Crippen MR) is 83.6 cm³/mol. The molecule has 0 amide bonds. The van der Waals surface area contributed by atoms with Gasteiger partial charge >= 0.3 is 0 Å². The normalized spacial score (nSPS) is 10.9. The molecule has 0 saturated heterocycles. The van der Waals surface area contributed by atoms with E-state index in [1.165, 1.54) is 11.8 Å². The zero-order valence-electron chi connectivity index (χ0n) is 11.0. The molecule has 0 atom stereocenters. The molecule has 1 aromatic carbocycles. The molecule has 21 heavy (non-hydrogen) atoms. The number of aliphatic hydroxyl groups excluding tert-OH is 2. The van der Waals surface area contributed by atoms with Gasteiger partial charge < -0.3 is 21.3 Å². The maximum absolute atomic E-state index is 9.15. The van der Waals surface area contributed by atoms with Crippen LogP contribution in [0.2, 0.25) is 5.02 Å². The molecule has 0 spiro atoms. The van der Waals surface area contributed by atoms with E-state index in [0.29, 0.717) is 10.8 Å². The second-order valence-electron chi connectivity index (χ2n) is 4.20. The summed E-state index contributed by atoms with van der Waals surface area (Å²) < 4.78 is 0. The Labute approximate surface area is 131 Å². The van der Waals surface area contributed by atoms with Crippen molar-refractivity contribution in [2.75, 3.05) is 24.3 Å². The quantitative estimate of drug-likeness (QED) is 0.639. The third-order valence-corrected chi connectivity index (χ3v) is 3.88. The number of nitrogen functional groups attached to an aromatic ring is 1. The summed E-state index contributed by atoms with van der Waals surface area (Å²) in [4.78, 5) is 9.77. The van der Waals surface area contributed by atoms with Crippen LogP contribution in [0.5, 0.6) is 0 Å². The van der Waals surface area contributed by atoms with Crippen molar-refractivity contribution in [3.05, 3.63) is 35.5 Å². The van der Waals surface area contributed by atoms with E-state index >= 15 is 0 Å². The molecule has 112 valence electrons. The minimum absolute atomic E-state index is 0.118. The van der Waals surface area contributed by atoms with E-state index in [4.69, 9.17) is 27.5 Å². The lowest BCUT2D eigenvalue weighted by atomic mass is 10.3. The van der Waals surface area contributed by atoms with Crippen LogP contribution >= 0.6 is 23.4 Å². The van der Waals surface area contributed by atoms with Gasteiger partial charge in [0.2, 0.25) is 5.95 Å². The number of nitrogens with one attached hydrogen (secondary N) is 1. The SMILES string of the molecule is Nc1ncc(Sc2ccc(Cl)cc2)c(NC(CO)CO)n1. The number of rotatable bonds is 6. The Bertz CT molecular complexity index is 593. The molecule has 5 N–H and O–H groups in total. The Morgan fingerprint density at radius 3 is 2.52 bits per heavy atom. The first kappa shape index (κ1) is 15.8. The van der Waals surface area contributed by atoms with E-state index < -0.39 is 6.04 Å². The summed E-state index contributed by atoms with van der Waals surface area (Å²) in [6.45, 7) is -0.434. The molecule has 0 aliphatic rings. The maximum atomic E-state index is 9.15. The lowest BCUT2D eigenvalue weighted by Crippen LogP contribution is -2.28. The van der Waals surface area contributed by atoms with Crippen molar-refractivity contribution in [2.24, 2.45) is 0 Å². The average Bonchev–Trinajstić information content (AvgIpc) is 2.49. The molecular formula is C13H15ClN4O2S. The highest BCUT2D eigenvalue weighted by Gasteiger charge is 2.12. The highest BCUT2D eigenvalue weighted by atomic mass is 35.5. The molecule has 0 bridgehead atoms. The number of nitrogens with two attached hydrogens (primary N) is 1. The maximum Gasteiger partial charge on any atom is 0.221 e. The molecule has 0 saturated carbocycles. The van der Waals surface area contributed by atoms with Crippen LogP contribution in [0, 0.1) is 0 Å². The number of benzene rings is 1. The van der Waals surface area contributed by atoms with Crippen LogP contribution in [0.25, 0.3) is 0 Å². The monoisotopic (exact) mass is 326 g/mol. The molecule has 0 fully saturated rings. The molecule has 6 nitrogen and oxygen atoms in total. The van der Waals surface area contributed by atoms with E-state index in [1.54, 1.807) is 18.3 Å². The predicted octanol–water partition coefficient (Wildman–Crippen LogP) is 1.63. The first-order chi connectivity index (χ1) is 10.1. The van der Waals surface area contributed by atoms with Gasteiger partial charge in [0.15, 0.2) is 0 Å². The Kier molecular flexibility index (Phi) is 5.63. The van der Waals surface area contributed by atoms with Crippen LogP contribution in [-0.4, -0.2) is 39.4 Å². The van der Waals surface area contributed by atoms with Crippen molar-refractivity contribution >= 4 is 35.1 Å². The Hall–Kier alpha value is -1.54. The van der Waals surface area contributed by atoms with Crippen molar-refractivity contribution in [1.82, 2.24) is 9.97 Å². The highest BCUT2D eigenvalue weighted by molar-refractivity contribution is 7.99. The van der Waals surface area contributed by atoms with Gasteiger partial charge in [0.1, 0.15) is 5.82 Å². The second kappa shape index (κ2) is 7.46. The Morgan fingerprint density at radius 1 is 1.24 bits per heavy atom. The minimum Gasteiger partial charge on any atom is -0.394 e. The van der Waals surface area contributed by atoms with Crippen molar-refractivity contribution < 1.29 is 10.2 Å². The summed E-state index contributed by atoms with van der Waals surface area (Å²) in [5, 5.41) is 21.9. The number of halogens is 1. The fourth-order valence-electron chi connectivity index (χ4n) is 1.53. The number of hydrogen-bond donors (Lipinski definition) is 4. The lowest BCUT2D eigenvalue weighted by Gasteiger charge is -2.16. The van der Waals surface area contributed by atoms with Crippen LogP contribution in [-0.2, 0) is 0 Å². The summed E-state index contributed by atoms with van der Waals surface area (Å²) >= 11 is 7.28. The number of hydrogen-bond acceptors (Lipinski definition) is 7. The Balaban J connectivity index is 2.23. The molecule has 0 aliphatic carbocycles. The number of nitrogens with zero attached hydrogens (tertiary/aromatic N) is 2. The topological polar surface area (TPSA) is 104 Å². The first-order valence-electron chi connectivity index (χ1n) is 6.16. The van der Waals surface area contributed by atoms with Crippen LogP contribution in [0.1, 0.15) is 0 Å². The number of anilines is 2. The van der Waals surface area contributed by atoms with Crippen molar-refractivity contribution in [3.8, 4) is 0 Å². The summed E-state index contributed by atoms with van der Waals surface area (Å²) in [6.07, 6.45) is 1.59. The molecule has 8 heteroatoms. The zero-order valence-corrected chi connectivity index (χ0v) is 12.6. The minimum atomic E-state index is -0.510. The second-order valence-corrected chi connectivity index (χ2v) is 5.76. The molecule has 0 radical (unpaired) electrons. The van der Waals surface area contributed by atoms with E-state index in [1.807, 2.05) is 12.1 Å². The highest BCUT2D eigenvalue weighted by Crippen LogP contribution is 2.33. The van der Waals surface area contributed by atoms with Crippen molar-refractivity contribution in [1.29, 1.82) is 0 Å². The van der Waals surface area contributed by atoms with Crippen LogP contribution < -0.4 is 11.1 Å². The smallest absolute Gasteiger partial charge is 0.221 e. The molecule has 2 aromatic rings. The van der Waals surface area contributed by atoms with Crippen LogP contribution in [0.15, 0.2) is 40.3 Å². The van der Waals surface area contributed by atoms with Gasteiger partial charge in [-0.05, 0) is 24.3 Å². The van der Waals surface area contributed by atoms with Gasteiger partial charge in [-0.25, -0.2) is 4.98 Å². The van der Waals surface area contributed by atoms with Gasteiger partial charge in [-0.15, -0.1) is 0 Å². The summed E-state index contributed by atoms with van der Waals surface area (Å²) in [5.41, 5.74) is 5.59. The first-order valence-corrected chi connectivity index (χ1v) is 7.36. The van der Waals surface area contributed by atoms with E-state index in [0.717, 1.165) is 9.79 Å². The third-order valence-electron chi connectivity index (χ3n) is 2.60. The van der Waals surface area contributed by atoms with Gasteiger partial charge in [-0.2, -0.15) is 4.98 Å². The van der Waals surface area contributed by atoms with E-state index in [9.17, 15) is 0 Å². The van der Waals surface area contributed by atoms with Gasteiger partial charge in [0.25, 0.3) is 0 Å². The lowest BCUT2D eigenvalue weighted by molar-refractivity contribution is 0.203. The largest absolute Gasteiger partial charge is 0.394 e. The fraction of sp³-hybridized carbons (Fsp3) is 0.231. The average molecular weight is 327 g/mol. The molecule has 1 heterocycles. The van der Waals surface area contributed by atoms with Crippen LogP contribution in [0.3, 0.4) is 0 Å². The summed E-state index contributed by atoms with van der Waals surface area (Å²) in [6, 6.07) is 6.83. The van der Waals surface area contributed by atoms with E-state index in [-0.39, 0.29) is 19.2 Å². The number of aliphatic hydroxyl groups is 2. The standard InChI is InChI=1S/C13H15ClN4O2S/c14-8-1-3-10(4-2-8)21-11-5-16-13(15)18-12(11)17-9(6-19)7-20/h1-5,9,19-20H,6-7H2,(H3,15,16,17,18). The van der Waals surface area contributed by atoms with Crippen molar-refractivity contribution in [3.63, 3.8) is 0 Å². The van der Waals surface area contributed by atoms with Crippen molar-refractivity contribution in [2.45, 2.75) is 15.8 Å². The molecular weight excluding hydrogens is 312 g/mol. The fourth-order valence-corrected chi connectivity index (χ4v) is 2.49. The third kappa shape index (κ3) is 4.47. The van der Waals surface area contributed by atoms with Gasteiger partial charge in [-0.1, -0.05) is 23.4 Å². The van der Waals surface area contributed by atoms with E-state index in [2.05, 4.69) is 15.3 Å². The summed E-state index contributed by atoms with van der Waals surface area (Å²) in [5.74, 6) is 0.586. The summed E-state index contributed by atoms with van der Waals surface area (Å²) in [7, 11) is 0. The molecule has 0 unspecified atom stereocenters. The van der Waals surface area contributed by atoms with Gasteiger partial charge in [0.05, 0.1) is 24.2 Å². The Morgan fingerprint density at radius 2 is 1.90 bits per heavy atom. The van der Waals surface area contributed by atoms with Gasteiger partial charge in [0, 0.05) is 16.1 Å².